The summed E-state index contributed by atoms with van der Waals surface area (Å²) in [4.78, 5) is 189. The van der Waals surface area contributed by atoms with E-state index in [9.17, 15) is 55.1 Å². The third kappa shape index (κ3) is 21.6. The van der Waals surface area contributed by atoms with E-state index in [1.807, 2.05) is 0 Å². The summed E-state index contributed by atoms with van der Waals surface area (Å²) in [5.74, 6) is -17.1. The van der Waals surface area contributed by atoms with E-state index in [-0.39, 0.29) is 83.8 Å². The molecule has 0 radical (unpaired) electrons. The number of fused-ring (bicyclic) bond motifs is 2. The second-order valence-corrected chi connectivity index (χ2v) is 30.7. The van der Waals surface area contributed by atoms with Gasteiger partial charge in [0.15, 0.2) is 0 Å². The zero-order chi connectivity index (χ0) is 79.2. The van der Waals surface area contributed by atoms with Crippen molar-refractivity contribution in [3.63, 3.8) is 0 Å². The first kappa shape index (κ1) is 87.7. The Hall–Kier alpha value is -7.22. The quantitative estimate of drug-likeness (QED) is 0.103. The summed E-state index contributed by atoms with van der Waals surface area (Å²) in [7, 11) is 11.9. The van der Waals surface area contributed by atoms with Crippen molar-refractivity contribution in [2.24, 2.45) is 35.5 Å². The molecule has 1 spiro atoms. The molecular formula is C73H114F8N12O13. The molecule has 2 unspecified atom stereocenters. The van der Waals surface area contributed by atoms with Gasteiger partial charge in [-0.05, 0) is 139 Å². The van der Waals surface area contributed by atoms with Crippen LogP contribution in [0.25, 0.3) is 0 Å². The summed E-state index contributed by atoms with van der Waals surface area (Å²) in [6.45, 7) is 4.66. The molecule has 106 heavy (non-hydrogen) atoms. The Kier molecular flexibility index (Phi) is 31.6. The molecular weight excluding hydrogens is 1400 g/mol. The fraction of sp³-hybridized carbons (Fsp3) is 0.808. The summed E-state index contributed by atoms with van der Waals surface area (Å²) < 4.78 is 121. The molecule has 2 heterocycles. The van der Waals surface area contributed by atoms with Gasteiger partial charge in [0.05, 0.1) is 32.0 Å². The van der Waals surface area contributed by atoms with E-state index in [1.54, 1.807) is 39.8 Å². The summed E-state index contributed by atoms with van der Waals surface area (Å²) in [6, 6.07) is -11.6. The number of halogens is 8. The van der Waals surface area contributed by atoms with Crippen molar-refractivity contribution in [3.8, 4) is 0 Å². The van der Waals surface area contributed by atoms with Crippen molar-refractivity contribution in [3.05, 3.63) is 12.2 Å². The molecule has 4 saturated carbocycles. The van der Waals surface area contributed by atoms with Gasteiger partial charge in [0, 0.05) is 76.6 Å². The third-order valence-electron chi connectivity index (χ3n) is 23.1. The first-order chi connectivity index (χ1) is 49.7. The van der Waals surface area contributed by atoms with Gasteiger partial charge in [-0.3, -0.25) is 57.5 Å². The van der Waals surface area contributed by atoms with Crippen molar-refractivity contribution < 1.29 is 97.4 Å². The number of hydrogen-bond donors (Lipinski definition) is 3. The SMILES string of the molecule is CCCOC[C@H]1C(=O)NC2(CCC2)C(=O)N(C)[C@@H](C2CCCC2)C(=O)N(C)[C@H](C(=O)N(C)C)CC(=O)N(C)[C@@H](CC)C(=O)N[C@@H]([C@@H](C)CC)C(=O)N(C)CC(=O)N(C)[C@H]2C/C=C\CCN(C2=O)[C@@H](CC2CCC(C(F)(F)F)CC2)C(=O)N(C)CC(=O)N[C@@H](CCC2CC(F)C(C(F)(F)F)C(F)C2)C(=O)N1C. The zero-order valence-electron chi connectivity index (χ0n) is 63.8. The van der Waals surface area contributed by atoms with Crippen LogP contribution in [0.3, 0.4) is 0 Å². The molecule has 0 aromatic rings. The minimum atomic E-state index is -5.22. The van der Waals surface area contributed by atoms with E-state index in [0.717, 1.165) is 29.4 Å². The van der Waals surface area contributed by atoms with E-state index >= 15 is 37.5 Å². The summed E-state index contributed by atoms with van der Waals surface area (Å²) in [6.07, 6.45) is -12.0. The number of hydrogen-bond acceptors (Lipinski definition) is 13. The molecule has 11 atom stereocenters. The molecule has 5 fully saturated rings. The first-order valence-corrected chi connectivity index (χ1v) is 37.6. The monoisotopic (exact) mass is 1520 g/mol. The summed E-state index contributed by atoms with van der Waals surface area (Å²) in [5.41, 5.74) is -1.72. The van der Waals surface area contributed by atoms with E-state index in [2.05, 4.69) is 16.0 Å². The maximum Gasteiger partial charge on any atom is 0.397 e. The molecule has 6 rings (SSSR count). The number of ether oxygens (including phenoxy) is 1. The van der Waals surface area contributed by atoms with E-state index < -0.39 is 230 Å². The molecule has 600 valence electrons. The fourth-order valence-electron chi connectivity index (χ4n) is 16.0. The lowest BCUT2D eigenvalue weighted by Crippen LogP contribution is -2.68. The highest BCUT2D eigenvalue weighted by atomic mass is 19.4. The van der Waals surface area contributed by atoms with Crippen molar-refractivity contribution in [2.45, 2.75) is 248 Å². The molecule has 0 aromatic carbocycles. The number of carbonyl (C=O) groups excluding carboxylic acids is 12. The first-order valence-electron chi connectivity index (χ1n) is 37.6. The normalized spacial score (nSPS) is 31.1. The van der Waals surface area contributed by atoms with Gasteiger partial charge in [-0.25, -0.2) is 8.78 Å². The molecule has 2 bridgehead atoms. The van der Waals surface area contributed by atoms with Crippen molar-refractivity contribution in [2.75, 3.05) is 96.3 Å². The number of amides is 12. The van der Waals surface area contributed by atoms with Crippen LogP contribution in [0.4, 0.5) is 35.1 Å². The number of carbonyl (C=O) groups is 12. The topological polar surface area (TPSA) is 279 Å². The lowest BCUT2D eigenvalue weighted by atomic mass is 9.74. The number of likely N-dealkylation sites (N-methyl/N-ethyl adjacent to an activating group) is 8. The smallest absolute Gasteiger partial charge is 0.379 e. The minimum Gasteiger partial charge on any atom is -0.379 e. The van der Waals surface area contributed by atoms with Crippen molar-refractivity contribution in [1.82, 2.24) is 60.0 Å². The zero-order valence-corrected chi connectivity index (χ0v) is 63.8. The van der Waals surface area contributed by atoms with Crippen molar-refractivity contribution in [1.29, 1.82) is 0 Å². The van der Waals surface area contributed by atoms with Crippen LogP contribution in [0.1, 0.15) is 169 Å². The van der Waals surface area contributed by atoms with Crippen LogP contribution in [0, 0.1) is 35.5 Å². The number of rotatable bonds is 14. The minimum absolute atomic E-state index is 0.00569. The van der Waals surface area contributed by atoms with Crippen LogP contribution >= 0.6 is 0 Å². The number of nitrogens with one attached hydrogen (secondary N) is 3. The Labute approximate surface area is 617 Å². The van der Waals surface area contributed by atoms with Crippen molar-refractivity contribution >= 4 is 70.9 Å². The van der Waals surface area contributed by atoms with Gasteiger partial charge < -0.3 is 64.8 Å². The Balaban J connectivity index is 1.47. The fourth-order valence-corrected chi connectivity index (χ4v) is 16.0. The molecule has 33 heteroatoms. The van der Waals surface area contributed by atoms with Gasteiger partial charge in [-0.2, -0.15) is 26.3 Å². The third-order valence-corrected chi connectivity index (χ3v) is 23.1. The van der Waals surface area contributed by atoms with Gasteiger partial charge in [0.25, 0.3) is 0 Å². The lowest BCUT2D eigenvalue weighted by Gasteiger charge is -2.47. The Morgan fingerprint density at radius 1 is 0.642 bits per heavy atom. The number of alkyl halides is 8. The lowest BCUT2D eigenvalue weighted by molar-refractivity contribution is -0.219. The van der Waals surface area contributed by atoms with Crippen LogP contribution in [0.2, 0.25) is 0 Å². The Morgan fingerprint density at radius 3 is 1.80 bits per heavy atom. The predicted octanol–water partition coefficient (Wildman–Crippen LogP) is 5.96. The average molecular weight is 1520 g/mol. The highest BCUT2D eigenvalue weighted by Gasteiger charge is 2.56. The second kappa shape index (κ2) is 38.2. The second-order valence-electron chi connectivity index (χ2n) is 30.7. The molecule has 6 aliphatic rings. The van der Waals surface area contributed by atoms with Crippen LogP contribution in [0.5, 0.6) is 0 Å². The molecule has 12 amide bonds. The predicted molar refractivity (Wildman–Crippen MR) is 374 cm³/mol. The highest BCUT2D eigenvalue weighted by Crippen LogP contribution is 2.45. The van der Waals surface area contributed by atoms with Gasteiger partial charge in [0.1, 0.15) is 72.1 Å². The van der Waals surface area contributed by atoms with Crippen LogP contribution in [-0.4, -0.2) is 290 Å². The van der Waals surface area contributed by atoms with E-state index in [0.29, 0.717) is 44.9 Å². The molecule has 25 nitrogen and oxygen atoms in total. The highest BCUT2D eigenvalue weighted by molar-refractivity contribution is 6.01. The van der Waals surface area contributed by atoms with Gasteiger partial charge in [-0.15, -0.1) is 0 Å². The van der Waals surface area contributed by atoms with E-state index in [1.165, 1.54) is 78.1 Å². The summed E-state index contributed by atoms with van der Waals surface area (Å²) in [5, 5.41) is 8.24. The maximum atomic E-state index is 15.4. The number of nitrogens with zero attached hydrogens (tertiary/aromatic N) is 9. The molecule has 1 saturated heterocycles. The van der Waals surface area contributed by atoms with Crippen LogP contribution in [-0.2, 0) is 62.3 Å². The van der Waals surface area contributed by atoms with Gasteiger partial charge >= 0.3 is 12.4 Å². The largest absolute Gasteiger partial charge is 0.397 e. The Morgan fingerprint density at radius 2 is 1.25 bits per heavy atom. The Bertz CT molecular complexity index is 3120. The average Bonchev–Trinajstić information content (AvgIpc) is 0.970. The van der Waals surface area contributed by atoms with Gasteiger partial charge in [-0.1, -0.05) is 59.1 Å². The molecule has 3 N–H and O–H groups in total. The van der Waals surface area contributed by atoms with Gasteiger partial charge in [0.2, 0.25) is 70.9 Å². The molecule has 0 aromatic heterocycles. The van der Waals surface area contributed by atoms with E-state index in [4.69, 9.17) is 4.74 Å². The van der Waals surface area contributed by atoms with Crippen LogP contribution in [0.15, 0.2) is 12.2 Å². The summed E-state index contributed by atoms with van der Waals surface area (Å²) >= 11 is 0. The molecule has 4 aliphatic carbocycles. The molecule has 2 aliphatic heterocycles. The standard InChI is InChI=1S/C73H114F8N12O13/c1-14-35-106-42-55-63(98)84-71(32-22-33-71)70(105)92(13)61(46-23-19-20-24-46)69(104)90(11)53(65(100)85(5)6)39-57(95)88(9)51(16-3)62(97)83-60(43(4)15-2)68(103)87(8)41-58(96)89(10)52-25-18-17-21-34-93(67(52)102)54(38-44-26-29-47(30-27-44)72(76,77)78)66(101)86(7)40-56(94)82-50(64(99)91(55)12)31-28-45-36-48(74)59(49(75)37-45)73(79,80)81/h17-18,43-55,59-61H,14-16,19-42H2,1-13H3,(H,82,94)(H,83,97)(H,84,98)/b18-17-/t43-,44?,45?,47?,48?,49?,50-,51-,52-,53-,54-,55-,59?,60-,61-/m0/s1. The maximum absolute atomic E-state index is 15.4. The van der Waals surface area contributed by atoms with Crippen LogP contribution < -0.4 is 16.0 Å².